The summed E-state index contributed by atoms with van der Waals surface area (Å²) in [6.07, 6.45) is 10.6. The number of aryl methyl sites for hydroxylation is 1. The van der Waals surface area contributed by atoms with Crippen molar-refractivity contribution in [1.82, 2.24) is 9.88 Å². The van der Waals surface area contributed by atoms with Crippen LogP contribution in [0.2, 0.25) is 0 Å². The number of pyridine rings is 1. The number of likely N-dealkylation sites (tertiary alicyclic amines) is 1. The van der Waals surface area contributed by atoms with Crippen LogP contribution in [0.5, 0.6) is 5.75 Å². The number of carboxylic acids is 1. The van der Waals surface area contributed by atoms with Gasteiger partial charge in [-0.1, -0.05) is 73.2 Å². The van der Waals surface area contributed by atoms with Crippen LogP contribution in [0.1, 0.15) is 52.6 Å². The number of piperidine rings is 1. The Morgan fingerprint density at radius 1 is 1.02 bits per heavy atom. The molecule has 1 aliphatic heterocycles. The van der Waals surface area contributed by atoms with Gasteiger partial charge in [0.15, 0.2) is 0 Å². The highest BCUT2D eigenvalue weighted by molar-refractivity contribution is 14.1. The van der Waals surface area contributed by atoms with E-state index in [2.05, 4.69) is 119 Å². The number of ether oxygens (including phenoxy) is 1. The molecule has 0 unspecified atom stereocenters. The molecule has 3 aromatic carbocycles. The second-order valence-electron chi connectivity index (χ2n) is 10.7. The molecule has 1 aliphatic rings. The van der Waals surface area contributed by atoms with E-state index in [-0.39, 0.29) is 0 Å². The van der Waals surface area contributed by atoms with Crippen molar-refractivity contribution in [2.45, 2.75) is 52.3 Å². The Morgan fingerprint density at radius 3 is 2.61 bits per heavy atom. The molecule has 0 saturated carbocycles. The van der Waals surface area contributed by atoms with Crippen LogP contribution in [0, 0.1) is 17.4 Å². The summed E-state index contributed by atoms with van der Waals surface area (Å²) >= 11 is 2.26. The van der Waals surface area contributed by atoms with Crippen LogP contribution in [-0.2, 0) is 17.9 Å². The molecule has 1 aromatic heterocycles. The molecule has 0 radical (unpaired) electrons. The fourth-order valence-electron chi connectivity index (χ4n) is 5.52. The summed E-state index contributed by atoms with van der Waals surface area (Å²) in [7, 11) is 0. The van der Waals surface area contributed by atoms with Gasteiger partial charge in [-0.15, -0.1) is 0 Å². The zero-order valence-corrected chi connectivity index (χ0v) is 25.7. The van der Waals surface area contributed by atoms with Crippen molar-refractivity contribution in [2.75, 3.05) is 6.54 Å². The number of aromatic nitrogens is 1. The minimum atomic E-state index is -0.749. The van der Waals surface area contributed by atoms with Gasteiger partial charge in [0.2, 0.25) is 0 Å². The number of carboxylic acid groups (broad SMARTS) is 1. The topological polar surface area (TPSA) is 62.7 Å². The summed E-state index contributed by atoms with van der Waals surface area (Å²) in [6.45, 7) is 5.98. The van der Waals surface area contributed by atoms with E-state index < -0.39 is 12.0 Å². The van der Waals surface area contributed by atoms with Crippen LogP contribution in [0.3, 0.4) is 0 Å². The molecule has 6 heteroatoms. The highest BCUT2D eigenvalue weighted by atomic mass is 127. The summed E-state index contributed by atoms with van der Waals surface area (Å²) in [4.78, 5) is 18.4. The van der Waals surface area contributed by atoms with Crippen molar-refractivity contribution < 1.29 is 14.6 Å². The third kappa shape index (κ3) is 7.24. The first kappa shape index (κ1) is 29.0. The van der Waals surface area contributed by atoms with Gasteiger partial charge in [-0.2, -0.15) is 0 Å². The third-order valence-corrected chi connectivity index (χ3v) is 8.37. The van der Waals surface area contributed by atoms with Crippen LogP contribution in [0.4, 0.5) is 0 Å². The average molecular weight is 659 g/mol. The summed E-state index contributed by atoms with van der Waals surface area (Å²) in [5.41, 5.74) is 9.03. The van der Waals surface area contributed by atoms with Gasteiger partial charge in [0.05, 0.1) is 0 Å². The van der Waals surface area contributed by atoms with Gasteiger partial charge in [-0.3, -0.25) is 14.7 Å². The number of halogens is 1. The Balaban J connectivity index is 1.46. The van der Waals surface area contributed by atoms with E-state index in [1.165, 1.54) is 22.3 Å². The zero-order valence-electron chi connectivity index (χ0n) is 23.5. The van der Waals surface area contributed by atoms with Crippen molar-refractivity contribution in [1.29, 1.82) is 0 Å². The molecular weight excluding hydrogens is 623 g/mol. The van der Waals surface area contributed by atoms with E-state index in [4.69, 9.17) is 4.74 Å². The molecule has 0 aliphatic carbocycles. The van der Waals surface area contributed by atoms with Crippen molar-refractivity contribution in [3.8, 4) is 16.9 Å². The van der Waals surface area contributed by atoms with Gasteiger partial charge < -0.3 is 9.84 Å². The quantitative estimate of drug-likeness (QED) is 0.145. The number of aliphatic carboxylic acids is 1. The molecule has 0 amide bonds. The third-order valence-electron chi connectivity index (χ3n) is 7.78. The first-order valence-electron chi connectivity index (χ1n) is 14.0. The Labute approximate surface area is 256 Å². The van der Waals surface area contributed by atoms with Crippen molar-refractivity contribution in [3.05, 3.63) is 116 Å². The minimum Gasteiger partial charge on any atom is -0.488 e. The van der Waals surface area contributed by atoms with Crippen molar-refractivity contribution >= 4 is 40.7 Å². The summed E-state index contributed by atoms with van der Waals surface area (Å²) in [6, 6.07) is 22.7. The Bertz CT molecular complexity index is 1550. The molecule has 5 rings (SSSR count). The molecule has 0 bridgehead atoms. The molecule has 2 heterocycles. The van der Waals surface area contributed by atoms with Crippen molar-refractivity contribution in [2.24, 2.45) is 0 Å². The normalized spacial score (nSPS) is 15.7. The molecule has 1 N–H and O–H groups in total. The molecule has 1 atom stereocenters. The monoisotopic (exact) mass is 658 g/mol. The second kappa shape index (κ2) is 13.4. The molecule has 5 nitrogen and oxygen atoms in total. The summed E-state index contributed by atoms with van der Waals surface area (Å²) < 4.78 is 7.47. The number of hydrogen-bond acceptors (Lipinski definition) is 4. The molecule has 1 saturated heterocycles. The zero-order chi connectivity index (χ0) is 28.8. The fraction of sp³-hybridized carbons (Fsp3) is 0.257. The highest BCUT2D eigenvalue weighted by Gasteiger charge is 2.29. The Hall–Kier alpha value is -3.49. The predicted molar refractivity (Wildman–Crippen MR) is 174 cm³/mol. The van der Waals surface area contributed by atoms with E-state index in [1.54, 1.807) is 0 Å². The minimum absolute atomic E-state index is 0.393. The van der Waals surface area contributed by atoms with Crippen LogP contribution >= 0.6 is 22.6 Å². The SMILES string of the molecule is Cc1cc(CN2CCCC[C@H]2C(=O)O)c(OCc2cncc(I)c2)cc1/C=C/c1cccc(-c2ccccc2)c1C. The molecule has 210 valence electrons. The van der Waals surface area contributed by atoms with E-state index >= 15 is 0 Å². The standard InChI is InChI=1S/C35H35IN2O3/c1-24-17-30(22-38-16-7-6-13-33(38)35(39)40)34(41-23-26-18-31(36)21-37-20-26)19-29(24)15-14-27-11-8-12-32(25(27)2)28-9-4-3-5-10-28/h3-5,8-12,14-15,17-21,33H,6-7,13,16,22-23H2,1-2H3,(H,39,40)/b15-14+/t33-/m0/s1. The van der Waals surface area contributed by atoms with Gasteiger partial charge in [0.25, 0.3) is 0 Å². The fourth-order valence-corrected chi connectivity index (χ4v) is 6.08. The largest absolute Gasteiger partial charge is 0.488 e. The maximum Gasteiger partial charge on any atom is 0.320 e. The van der Waals surface area contributed by atoms with E-state index in [0.717, 1.165) is 51.0 Å². The van der Waals surface area contributed by atoms with Gasteiger partial charge in [0, 0.05) is 33.6 Å². The smallest absolute Gasteiger partial charge is 0.320 e. The molecule has 1 fully saturated rings. The first-order valence-corrected chi connectivity index (χ1v) is 15.1. The lowest BCUT2D eigenvalue weighted by Crippen LogP contribution is -2.44. The highest BCUT2D eigenvalue weighted by Crippen LogP contribution is 2.31. The lowest BCUT2D eigenvalue weighted by atomic mass is 9.95. The number of rotatable bonds is 9. The van der Waals surface area contributed by atoms with Crippen LogP contribution in [-0.4, -0.2) is 33.5 Å². The Morgan fingerprint density at radius 2 is 1.83 bits per heavy atom. The van der Waals surface area contributed by atoms with Gasteiger partial charge >= 0.3 is 5.97 Å². The molecule has 4 aromatic rings. The van der Waals surface area contributed by atoms with E-state index in [9.17, 15) is 9.90 Å². The van der Waals surface area contributed by atoms with Crippen LogP contribution < -0.4 is 4.74 Å². The second-order valence-corrected chi connectivity index (χ2v) is 11.9. The van der Waals surface area contributed by atoms with E-state index in [0.29, 0.717) is 19.6 Å². The summed E-state index contributed by atoms with van der Waals surface area (Å²) in [5.74, 6) is 0.0278. The number of carbonyl (C=O) groups is 1. The van der Waals surface area contributed by atoms with Crippen LogP contribution in [0.15, 0.2) is 79.1 Å². The lowest BCUT2D eigenvalue weighted by Gasteiger charge is -2.33. The molecule has 41 heavy (non-hydrogen) atoms. The van der Waals surface area contributed by atoms with Gasteiger partial charge in [-0.25, -0.2) is 0 Å². The predicted octanol–water partition coefficient (Wildman–Crippen LogP) is 8.16. The van der Waals surface area contributed by atoms with Crippen LogP contribution in [0.25, 0.3) is 23.3 Å². The maximum atomic E-state index is 12.0. The average Bonchev–Trinajstić information content (AvgIpc) is 2.97. The van der Waals surface area contributed by atoms with Gasteiger partial charge in [0.1, 0.15) is 18.4 Å². The van der Waals surface area contributed by atoms with Crippen molar-refractivity contribution in [3.63, 3.8) is 0 Å². The van der Waals surface area contributed by atoms with E-state index in [1.807, 2.05) is 18.5 Å². The molecular formula is C35H35IN2O3. The van der Waals surface area contributed by atoms with Gasteiger partial charge in [-0.05, 0) is 101 Å². The maximum absolute atomic E-state index is 12.0. The Kier molecular flexibility index (Phi) is 9.52. The number of hydrogen-bond donors (Lipinski definition) is 1. The lowest BCUT2D eigenvalue weighted by molar-refractivity contribution is -0.144. The number of nitrogens with zero attached hydrogens (tertiary/aromatic N) is 2. The summed E-state index contributed by atoms with van der Waals surface area (Å²) in [5, 5.41) is 9.84. The molecule has 0 spiro atoms. The first-order chi connectivity index (χ1) is 19.9. The number of benzene rings is 3.